The number of carbonyl (C=O) groups excluding carboxylic acids is 1. The molecule has 2 aromatic heterocycles. The highest BCUT2D eigenvalue weighted by molar-refractivity contribution is 5.98. The van der Waals surface area contributed by atoms with Crippen molar-refractivity contribution < 1.29 is 22.7 Å². The number of aryl methyl sites for hydroxylation is 1. The molecule has 1 atom stereocenters. The van der Waals surface area contributed by atoms with Crippen LogP contribution in [0.25, 0.3) is 10.9 Å². The quantitative estimate of drug-likeness (QED) is 0.350. The number of methoxy groups -OCH3 is 1. The van der Waals surface area contributed by atoms with Crippen LogP contribution in [0.5, 0.6) is 5.75 Å². The Bertz CT molecular complexity index is 1360. The zero-order valence-corrected chi connectivity index (χ0v) is 19.1. The van der Waals surface area contributed by atoms with Crippen molar-refractivity contribution in [2.24, 2.45) is 7.05 Å². The summed E-state index contributed by atoms with van der Waals surface area (Å²) in [5.41, 5.74) is 1.29. The van der Waals surface area contributed by atoms with Gasteiger partial charge in [0.05, 0.1) is 36.9 Å². The van der Waals surface area contributed by atoms with E-state index >= 15 is 0 Å². The van der Waals surface area contributed by atoms with Crippen molar-refractivity contribution in [1.29, 1.82) is 0 Å². The van der Waals surface area contributed by atoms with E-state index in [1.165, 1.54) is 31.5 Å². The van der Waals surface area contributed by atoms with Gasteiger partial charge in [-0.3, -0.25) is 13.9 Å². The molecule has 2 N–H and O–H groups in total. The van der Waals surface area contributed by atoms with Gasteiger partial charge in [-0.15, -0.1) is 0 Å². The second-order valence-corrected chi connectivity index (χ2v) is 7.80. The van der Waals surface area contributed by atoms with Gasteiger partial charge in [0, 0.05) is 37.1 Å². The first-order valence-electron chi connectivity index (χ1n) is 10.8. The number of alkyl halides is 1. The van der Waals surface area contributed by atoms with Crippen LogP contribution >= 0.6 is 0 Å². The predicted octanol–water partition coefficient (Wildman–Crippen LogP) is 3.94. The molecule has 0 bridgehead atoms. The molecule has 2 aromatic carbocycles. The molecule has 35 heavy (non-hydrogen) atoms. The Labute approximate surface area is 199 Å². The fourth-order valence-electron chi connectivity index (χ4n) is 3.60. The predicted molar refractivity (Wildman–Crippen MR) is 124 cm³/mol. The molecule has 0 aliphatic carbocycles. The third kappa shape index (κ3) is 5.34. The maximum atomic E-state index is 14.8. The Morgan fingerprint density at radius 1 is 1.14 bits per heavy atom. The number of hydrogen-bond acceptors (Lipinski definition) is 6. The van der Waals surface area contributed by atoms with Gasteiger partial charge in [0.15, 0.2) is 11.6 Å². The van der Waals surface area contributed by atoms with Crippen molar-refractivity contribution in [3.05, 3.63) is 77.2 Å². The first kappa shape index (κ1) is 24.0. The lowest BCUT2D eigenvalue weighted by molar-refractivity contribution is 0.0942. The number of nitrogens with zero attached hydrogens (tertiary/aromatic N) is 4. The number of halogens is 3. The van der Waals surface area contributed by atoms with Crippen LogP contribution in [0.15, 0.2) is 48.9 Å². The van der Waals surface area contributed by atoms with Crippen molar-refractivity contribution in [3.63, 3.8) is 0 Å². The Morgan fingerprint density at radius 3 is 2.66 bits per heavy atom. The van der Waals surface area contributed by atoms with E-state index in [9.17, 15) is 18.0 Å². The molecule has 8 nitrogen and oxygen atoms in total. The number of ether oxygens (including phenoxy) is 1. The van der Waals surface area contributed by atoms with Crippen LogP contribution in [-0.2, 0) is 7.05 Å². The van der Waals surface area contributed by atoms with Crippen molar-refractivity contribution >= 4 is 22.8 Å². The van der Waals surface area contributed by atoms with Crippen LogP contribution in [0.1, 0.15) is 33.9 Å². The smallest absolute Gasteiger partial charge is 0.252 e. The molecule has 0 aliphatic rings. The van der Waals surface area contributed by atoms with Gasteiger partial charge >= 0.3 is 0 Å². The van der Waals surface area contributed by atoms with E-state index in [-0.39, 0.29) is 34.6 Å². The lowest BCUT2D eigenvalue weighted by Gasteiger charge is -2.19. The highest BCUT2D eigenvalue weighted by Gasteiger charge is 2.22. The van der Waals surface area contributed by atoms with E-state index in [1.807, 2.05) is 0 Å². The topological polar surface area (TPSA) is 94.0 Å². The number of fused-ring (bicyclic) bond motifs is 1. The molecular formula is C24H23F3N6O2. The largest absolute Gasteiger partial charge is 0.494 e. The second kappa shape index (κ2) is 10.4. The Morgan fingerprint density at radius 2 is 1.97 bits per heavy atom. The minimum Gasteiger partial charge on any atom is -0.494 e. The SMILES string of the molecule is COc1ccc([C@H](NC(=O)c2cc(F)c3cnc(NCCCF)nc3c2)c2cnn(C)c2)cc1F. The summed E-state index contributed by atoms with van der Waals surface area (Å²) in [7, 11) is 3.08. The summed E-state index contributed by atoms with van der Waals surface area (Å²) in [5, 5.41) is 9.95. The molecule has 0 saturated heterocycles. The van der Waals surface area contributed by atoms with Crippen molar-refractivity contribution in [1.82, 2.24) is 25.1 Å². The number of rotatable bonds is 9. The van der Waals surface area contributed by atoms with Crippen molar-refractivity contribution in [2.45, 2.75) is 12.5 Å². The van der Waals surface area contributed by atoms with Gasteiger partial charge in [0.25, 0.3) is 5.91 Å². The van der Waals surface area contributed by atoms with E-state index < -0.39 is 30.3 Å². The first-order valence-corrected chi connectivity index (χ1v) is 10.8. The van der Waals surface area contributed by atoms with Crippen LogP contribution in [0, 0.1) is 11.6 Å². The van der Waals surface area contributed by atoms with E-state index in [0.29, 0.717) is 17.7 Å². The van der Waals surface area contributed by atoms with Gasteiger partial charge < -0.3 is 15.4 Å². The van der Waals surface area contributed by atoms with Gasteiger partial charge in [-0.05, 0) is 36.2 Å². The maximum absolute atomic E-state index is 14.8. The van der Waals surface area contributed by atoms with Crippen molar-refractivity contribution in [2.75, 3.05) is 25.6 Å². The summed E-state index contributed by atoms with van der Waals surface area (Å²) in [6, 6.07) is 6.11. The third-order valence-electron chi connectivity index (χ3n) is 5.35. The molecule has 0 unspecified atom stereocenters. The van der Waals surface area contributed by atoms with Gasteiger partial charge in [-0.25, -0.2) is 18.7 Å². The fourth-order valence-corrected chi connectivity index (χ4v) is 3.60. The van der Waals surface area contributed by atoms with Crippen molar-refractivity contribution in [3.8, 4) is 5.75 Å². The minimum absolute atomic E-state index is 0.0197. The summed E-state index contributed by atoms with van der Waals surface area (Å²) in [6.45, 7) is -0.175. The lowest BCUT2D eigenvalue weighted by Crippen LogP contribution is -2.29. The van der Waals surface area contributed by atoms with Gasteiger partial charge in [0.2, 0.25) is 5.95 Å². The Balaban J connectivity index is 1.66. The second-order valence-electron chi connectivity index (χ2n) is 7.80. The molecule has 0 aliphatic heterocycles. The van der Waals surface area contributed by atoms with E-state index in [1.54, 1.807) is 30.2 Å². The fraction of sp³-hybridized carbons (Fsp3) is 0.250. The minimum atomic E-state index is -0.765. The average molecular weight is 484 g/mol. The summed E-state index contributed by atoms with van der Waals surface area (Å²) in [6.07, 6.45) is 4.82. The van der Waals surface area contributed by atoms with Crippen LogP contribution < -0.4 is 15.4 Å². The molecule has 1 amide bonds. The number of aromatic nitrogens is 4. The molecular weight excluding hydrogens is 461 g/mol. The lowest BCUT2D eigenvalue weighted by atomic mass is 10.0. The molecule has 0 saturated carbocycles. The highest BCUT2D eigenvalue weighted by atomic mass is 19.1. The van der Waals surface area contributed by atoms with E-state index in [0.717, 1.165) is 6.07 Å². The molecule has 0 spiro atoms. The van der Waals surface area contributed by atoms with E-state index in [4.69, 9.17) is 4.74 Å². The molecule has 0 fully saturated rings. The number of carbonyl (C=O) groups is 1. The number of anilines is 1. The van der Waals surface area contributed by atoms with Crippen LogP contribution in [0.3, 0.4) is 0 Å². The number of amides is 1. The Kier molecular flexibility index (Phi) is 7.14. The average Bonchev–Trinajstić information content (AvgIpc) is 3.28. The summed E-state index contributed by atoms with van der Waals surface area (Å²) in [4.78, 5) is 21.4. The molecule has 0 radical (unpaired) electrons. The molecule has 4 rings (SSSR count). The van der Waals surface area contributed by atoms with Gasteiger partial charge in [0.1, 0.15) is 5.82 Å². The van der Waals surface area contributed by atoms with Crippen LogP contribution in [-0.4, -0.2) is 46.0 Å². The number of hydrogen-bond donors (Lipinski definition) is 2. The first-order chi connectivity index (χ1) is 16.9. The monoisotopic (exact) mass is 484 g/mol. The molecule has 182 valence electrons. The van der Waals surface area contributed by atoms with Gasteiger partial charge in [-0.1, -0.05) is 6.07 Å². The van der Waals surface area contributed by atoms with Gasteiger partial charge in [-0.2, -0.15) is 5.10 Å². The zero-order valence-electron chi connectivity index (χ0n) is 19.1. The zero-order chi connectivity index (χ0) is 24.9. The summed E-state index contributed by atoms with van der Waals surface area (Å²) < 4.78 is 48.1. The van der Waals surface area contributed by atoms with Crippen LogP contribution in [0.2, 0.25) is 0 Å². The molecule has 4 aromatic rings. The highest BCUT2D eigenvalue weighted by Crippen LogP contribution is 2.27. The maximum Gasteiger partial charge on any atom is 0.252 e. The summed E-state index contributed by atoms with van der Waals surface area (Å²) in [5.74, 6) is -1.59. The number of nitrogens with one attached hydrogen (secondary N) is 2. The third-order valence-corrected chi connectivity index (χ3v) is 5.35. The molecule has 11 heteroatoms. The standard InChI is InChI=1S/C24H23F3N6O2/c1-33-13-16(11-30-33)22(14-4-5-21(35-2)19(27)8-14)32-23(34)15-9-18(26)17-12-29-24(28-7-3-6-25)31-20(17)10-15/h4-5,8-13,22H,3,6-7H2,1-2H3,(H,32,34)(H,28,29,31)/t22-/m0/s1. The van der Waals surface area contributed by atoms with Crippen LogP contribution in [0.4, 0.5) is 19.1 Å². The number of benzene rings is 2. The summed E-state index contributed by atoms with van der Waals surface area (Å²) >= 11 is 0. The normalized spacial score (nSPS) is 11.9. The van der Waals surface area contributed by atoms with E-state index in [2.05, 4.69) is 25.7 Å². The molecule has 2 heterocycles. The Hall–Kier alpha value is -4.15.